The van der Waals surface area contributed by atoms with Crippen molar-refractivity contribution >= 4 is 109 Å². The van der Waals surface area contributed by atoms with Crippen LogP contribution in [0.5, 0.6) is 0 Å². The number of pyridine rings is 1. The number of hydrogen-bond donors (Lipinski definition) is 0. The Kier molecular flexibility index (Phi) is 21.3. The molecule has 0 spiro atoms. The van der Waals surface area contributed by atoms with Gasteiger partial charge < -0.3 is 18.3 Å². The van der Waals surface area contributed by atoms with E-state index in [-0.39, 0.29) is 0 Å². The third-order valence-corrected chi connectivity index (χ3v) is 27.2. The number of benzene rings is 19. The molecule has 0 aliphatic rings. The van der Waals surface area contributed by atoms with E-state index >= 15 is 0 Å². The highest BCUT2D eigenvalue weighted by atomic mass is 15.1. The number of aromatic nitrogens is 13. The fourth-order valence-corrected chi connectivity index (χ4v) is 20.5. The number of para-hydroxylation sites is 10. The van der Waals surface area contributed by atoms with Gasteiger partial charge in [0.05, 0.1) is 83.6 Å². The maximum Gasteiger partial charge on any atom is 0.164 e. The number of rotatable bonds is 15. The lowest BCUT2D eigenvalue weighted by Gasteiger charge is -2.12. The Balaban J connectivity index is 0.000000115. The van der Waals surface area contributed by atoms with E-state index in [4.69, 9.17) is 39.9 Å². The largest absolute Gasteiger partial charge is 0.309 e. The van der Waals surface area contributed by atoms with E-state index in [9.17, 15) is 0 Å². The van der Waals surface area contributed by atoms with Crippen LogP contribution in [-0.2, 0) is 0 Å². The zero-order valence-corrected chi connectivity index (χ0v) is 77.4. The second-order valence-corrected chi connectivity index (χ2v) is 35.7. The molecule has 28 aromatic rings. The monoisotopic (exact) mass is 1830 g/mol. The Morgan fingerprint density at radius 3 is 0.573 bits per heavy atom. The molecule has 13 nitrogen and oxygen atoms in total. The first kappa shape index (κ1) is 84.0. The normalized spacial score (nSPS) is 11.5. The first-order valence-electron chi connectivity index (χ1n) is 48.1. The van der Waals surface area contributed by atoms with Gasteiger partial charge >= 0.3 is 0 Å². The van der Waals surface area contributed by atoms with Gasteiger partial charge in [0.1, 0.15) is 5.82 Å². The summed E-state index contributed by atoms with van der Waals surface area (Å²) in [6, 6.07) is 180. The van der Waals surface area contributed by atoms with E-state index in [1.807, 2.05) is 103 Å². The quantitative estimate of drug-likeness (QED) is 0.0993. The molecule has 0 atom stereocenters. The minimum Gasteiger partial charge on any atom is -0.309 e. The molecule has 0 aliphatic heterocycles. The first-order valence-corrected chi connectivity index (χ1v) is 48.1. The van der Waals surface area contributed by atoms with E-state index < -0.39 is 0 Å². The van der Waals surface area contributed by atoms with Crippen molar-refractivity contribution in [1.29, 1.82) is 0 Å². The van der Waals surface area contributed by atoms with Gasteiger partial charge in [-0.2, -0.15) is 0 Å². The molecule has 670 valence electrons. The van der Waals surface area contributed by atoms with Gasteiger partial charge in [-0.3, -0.25) is 4.57 Å². The molecule has 0 unspecified atom stereocenters. The highest BCUT2D eigenvalue weighted by Crippen LogP contribution is 2.42. The molecule has 0 amide bonds. The van der Waals surface area contributed by atoms with Crippen LogP contribution in [0.3, 0.4) is 0 Å². The van der Waals surface area contributed by atoms with E-state index in [1.165, 1.54) is 104 Å². The number of hydrogen-bond acceptors (Lipinski definition) is 8. The van der Waals surface area contributed by atoms with Crippen LogP contribution in [0.4, 0.5) is 0 Å². The lowest BCUT2D eigenvalue weighted by Crippen LogP contribution is -2.01. The highest BCUT2D eigenvalue weighted by Gasteiger charge is 2.23. The SMILES string of the molecule is c1ccc(-c2cc(-c3ccc(-c4ccc(-n5c6ccccc6c6ccccc65)cc4)cc3)nc(-c3ccccc3)n2)cc1.c1ccc(-c2cc(-c3cccc(-n4c5ccccc5c5ccccc54)n3)nc(-c3ccccc3)n2)cc1.c1ccc2c(c1)c1ccccc1n2-c1ccc(-c2nc(-c3ccc(-n4c5ccccc5c5ccccc54)cc3)nc(-c3ccc(-n4c5ccccc5c5ccccc54)cc3)n2)cc1. The minimum absolute atomic E-state index is 0.613. The zero-order valence-electron chi connectivity index (χ0n) is 77.4. The molecule has 19 aromatic carbocycles. The lowest BCUT2D eigenvalue weighted by atomic mass is 10.0. The van der Waals surface area contributed by atoms with Gasteiger partial charge in [-0.1, -0.05) is 346 Å². The maximum absolute atomic E-state index is 5.17. The van der Waals surface area contributed by atoms with Gasteiger partial charge in [0.2, 0.25) is 0 Å². The molecule has 9 heterocycles. The van der Waals surface area contributed by atoms with Crippen molar-refractivity contribution < 1.29 is 0 Å². The van der Waals surface area contributed by atoms with Crippen LogP contribution in [0, 0.1) is 0 Å². The van der Waals surface area contributed by atoms with Gasteiger partial charge in [0.25, 0.3) is 0 Å². The molecule has 28 rings (SSSR count). The van der Waals surface area contributed by atoms with Crippen molar-refractivity contribution in [3.63, 3.8) is 0 Å². The van der Waals surface area contributed by atoms with Crippen molar-refractivity contribution in [3.05, 3.63) is 516 Å². The summed E-state index contributed by atoms with van der Waals surface area (Å²) in [7, 11) is 0. The number of fused-ring (bicyclic) bond motifs is 15. The van der Waals surface area contributed by atoms with Gasteiger partial charge in [-0.25, -0.2) is 39.9 Å². The van der Waals surface area contributed by atoms with Crippen LogP contribution in [0.15, 0.2) is 516 Å². The van der Waals surface area contributed by atoms with Crippen LogP contribution in [0.2, 0.25) is 0 Å². The smallest absolute Gasteiger partial charge is 0.164 e. The fourth-order valence-electron chi connectivity index (χ4n) is 20.5. The van der Waals surface area contributed by atoms with E-state index in [0.29, 0.717) is 23.3 Å². The topological polar surface area (TPSA) is 128 Å². The summed E-state index contributed by atoms with van der Waals surface area (Å²) in [4.78, 5) is 40.4. The molecular weight excluding hydrogens is 1740 g/mol. The second kappa shape index (κ2) is 36.2. The number of nitrogens with zero attached hydrogens (tertiary/aromatic N) is 13. The summed E-state index contributed by atoms with van der Waals surface area (Å²) in [5.41, 5.74) is 30.6. The molecule has 0 saturated carbocycles. The second-order valence-electron chi connectivity index (χ2n) is 35.7. The predicted octanol–water partition coefficient (Wildman–Crippen LogP) is 32.4. The highest BCUT2D eigenvalue weighted by molar-refractivity contribution is 6.13. The molecular formula is C130H85N13. The van der Waals surface area contributed by atoms with E-state index in [2.05, 4.69) is 435 Å². The standard InChI is InChI=1S/C57H36N6.C40H27N3.C33H22N4/c1-7-19-49-43(13-1)44-14-2-8-20-50(44)61(49)40-31-25-37(26-32-40)55-58-56(38-27-33-41(34-28-38)62-51-21-9-3-15-45(51)46-16-4-10-22-52(46)62)60-57(59-55)39-29-35-42(36-30-39)63-53-23-11-5-17-47(53)48-18-6-12-24-54(48)63;1-3-11-30(12-4-1)36-27-37(42-40(41-36)32-13-5-2-6-14-32)31-21-19-28(20-22-31)29-23-25-33(26-24-29)43-38-17-9-7-15-34(38)35-16-8-10-18-39(35)43;1-3-12-23(13-4-1)28-22-29(36-33(35-28)24-14-5-2-6-15-24)27-18-11-21-32(34-27)37-30-19-9-7-16-25(30)26-17-8-10-20-31(26)37/h1-36H;1-27H;1-22H. The Morgan fingerprint density at radius 1 is 0.112 bits per heavy atom. The summed E-state index contributed by atoms with van der Waals surface area (Å²) in [5, 5.41) is 12.4. The lowest BCUT2D eigenvalue weighted by molar-refractivity contribution is 1.07. The molecule has 0 N–H and O–H groups in total. The zero-order chi connectivity index (χ0) is 94.6. The van der Waals surface area contributed by atoms with Crippen LogP contribution < -0.4 is 0 Å². The fraction of sp³-hybridized carbons (Fsp3) is 0. The third-order valence-electron chi connectivity index (χ3n) is 27.2. The van der Waals surface area contributed by atoms with E-state index in [1.54, 1.807) is 0 Å². The van der Waals surface area contributed by atoms with Crippen LogP contribution in [-0.4, -0.2) is 62.7 Å². The Hall–Kier alpha value is -19.5. The van der Waals surface area contributed by atoms with Gasteiger partial charge in [0.15, 0.2) is 29.1 Å². The average Bonchev–Trinajstić information content (AvgIpc) is 1.62. The summed E-state index contributed by atoms with van der Waals surface area (Å²) in [6.45, 7) is 0. The van der Waals surface area contributed by atoms with E-state index in [0.717, 1.165) is 124 Å². The van der Waals surface area contributed by atoms with Crippen LogP contribution in [0.25, 0.3) is 251 Å². The third kappa shape index (κ3) is 15.5. The van der Waals surface area contributed by atoms with Crippen LogP contribution >= 0.6 is 0 Å². The minimum atomic E-state index is 0.613. The molecule has 0 aliphatic carbocycles. The van der Waals surface area contributed by atoms with Crippen molar-refractivity contribution in [2.75, 3.05) is 0 Å². The summed E-state index contributed by atoms with van der Waals surface area (Å²) < 4.78 is 11.6. The van der Waals surface area contributed by atoms with Gasteiger partial charge in [-0.05, 0) is 181 Å². The Labute approximate surface area is 823 Å². The van der Waals surface area contributed by atoms with Crippen LogP contribution in [0.1, 0.15) is 0 Å². The van der Waals surface area contributed by atoms with Crippen molar-refractivity contribution in [3.8, 4) is 142 Å². The summed E-state index contributed by atoms with van der Waals surface area (Å²) in [5.74, 6) is 4.10. The molecule has 13 heteroatoms. The summed E-state index contributed by atoms with van der Waals surface area (Å²) in [6.07, 6.45) is 0. The maximum atomic E-state index is 5.17. The molecule has 0 fully saturated rings. The Morgan fingerprint density at radius 2 is 0.301 bits per heavy atom. The predicted molar refractivity (Wildman–Crippen MR) is 588 cm³/mol. The van der Waals surface area contributed by atoms with Gasteiger partial charge in [0, 0.05) is 121 Å². The molecule has 143 heavy (non-hydrogen) atoms. The van der Waals surface area contributed by atoms with Gasteiger partial charge in [-0.15, -0.1) is 0 Å². The molecule has 0 saturated heterocycles. The first-order chi connectivity index (χ1) is 70.9. The van der Waals surface area contributed by atoms with Crippen molar-refractivity contribution in [1.82, 2.24) is 62.7 Å². The van der Waals surface area contributed by atoms with Crippen molar-refractivity contribution in [2.24, 2.45) is 0 Å². The molecule has 9 aromatic heterocycles. The average molecular weight is 1830 g/mol. The Bertz CT molecular complexity index is 8870. The molecule has 0 radical (unpaired) electrons. The summed E-state index contributed by atoms with van der Waals surface area (Å²) >= 11 is 0. The molecule has 0 bridgehead atoms. The van der Waals surface area contributed by atoms with Crippen molar-refractivity contribution in [2.45, 2.75) is 0 Å².